The van der Waals surface area contributed by atoms with Crippen LogP contribution in [0, 0.1) is 18.7 Å². The molecule has 0 atom stereocenters. The fourth-order valence-electron chi connectivity index (χ4n) is 4.21. The van der Waals surface area contributed by atoms with Gasteiger partial charge in [0.05, 0.1) is 4.90 Å². The molecule has 5 nitrogen and oxygen atoms in total. The average molecular weight is 402 g/mol. The summed E-state index contributed by atoms with van der Waals surface area (Å²) >= 11 is 0. The summed E-state index contributed by atoms with van der Waals surface area (Å²) in [4.78, 5) is 14.6. The number of halogens is 1. The molecule has 2 aromatic carbocycles. The van der Waals surface area contributed by atoms with E-state index in [-0.39, 0.29) is 16.7 Å². The molecule has 0 spiro atoms. The van der Waals surface area contributed by atoms with Gasteiger partial charge in [-0.1, -0.05) is 12.8 Å². The van der Waals surface area contributed by atoms with E-state index < -0.39 is 15.8 Å². The second-order valence-electron chi connectivity index (χ2n) is 7.58. The van der Waals surface area contributed by atoms with E-state index in [1.54, 1.807) is 19.1 Å². The predicted octanol–water partition coefficient (Wildman–Crippen LogP) is 4.01. The third-order valence-electron chi connectivity index (χ3n) is 5.62. The SMILES string of the molecule is Cc1cc(F)ccc1S(=O)(=O)Nc1ccc2c(c1)CCN2C(=O)C1CCCC1. The molecule has 1 N–H and O–H groups in total. The van der Waals surface area contributed by atoms with E-state index in [9.17, 15) is 17.6 Å². The van der Waals surface area contributed by atoms with Crippen molar-refractivity contribution >= 4 is 27.3 Å². The number of hydrogen-bond acceptors (Lipinski definition) is 3. The molecule has 28 heavy (non-hydrogen) atoms. The van der Waals surface area contributed by atoms with E-state index in [0.29, 0.717) is 24.2 Å². The molecule has 4 rings (SSSR count). The number of aryl methyl sites for hydroxylation is 1. The smallest absolute Gasteiger partial charge is 0.262 e. The van der Waals surface area contributed by atoms with Crippen molar-refractivity contribution in [3.8, 4) is 0 Å². The van der Waals surface area contributed by atoms with Gasteiger partial charge in [0.1, 0.15) is 5.82 Å². The highest BCUT2D eigenvalue weighted by molar-refractivity contribution is 7.92. The first-order valence-corrected chi connectivity index (χ1v) is 11.1. The molecule has 0 unspecified atom stereocenters. The van der Waals surface area contributed by atoms with Crippen LogP contribution < -0.4 is 9.62 Å². The zero-order chi connectivity index (χ0) is 19.9. The summed E-state index contributed by atoms with van der Waals surface area (Å²) in [7, 11) is -3.82. The molecule has 148 valence electrons. The summed E-state index contributed by atoms with van der Waals surface area (Å²) in [5.74, 6) is -0.168. The molecular formula is C21H23FN2O3S. The Bertz CT molecular complexity index is 1030. The third kappa shape index (κ3) is 3.51. The third-order valence-corrected chi connectivity index (χ3v) is 7.17. The van der Waals surface area contributed by atoms with Crippen LogP contribution in [0.4, 0.5) is 15.8 Å². The van der Waals surface area contributed by atoms with Crippen LogP contribution in [0.2, 0.25) is 0 Å². The molecule has 0 saturated heterocycles. The summed E-state index contributed by atoms with van der Waals surface area (Å²) in [5, 5.41) is 0. The van der Waals surface area contributed by atoms with E-state index >= 15 is 0 Å². The van der Waals surface area contributed by atoms with E-state index in [1.807, 2.05) is 11.0 Å². The van der Waals surface area contributed by atoms with Gasteiger partial charge in [-0.25, -0.2) is 12.8 Å². The monoisotopic (exact) mass is 402 g/mol. The number of hydrogen-bond donors (Lipinski definition) is 1. The van der Waals surface area contributed by atoms with E-state index in [2.05, 4.69) is 4.72 Å². The number of nitrogens with zero attached hydrogens (tertiary/aromatic N) is 1. The maximum atomic E-state index is 13.3. The molecule has 2 aliphatic rings. The lowest BCUT2D eigenvalue weighted by Gasteiger charge is -2.21. The van der Waals surface area contributed by atoms with Crippen LogP contribution in [0.3, 0.4) is 0 Å². The fourth-order valence-corrected chi connectivity index (χ4v) is 5.49. The topological polar surface area (TPSA) is 66.5 Å². The minimum absolute atomic E-state index is 0.0486. The summed E-state index contributed by atoms with van der Waals surface area (Å²) in [6.07, 6.45) is 4.85. The highest BCUT2D eigenvalue weighted by Gasteiger charge is 2.32. The van der Waals surface area contributed by atoms with Crippen molar-refractivity contribution in [1.29, 1.82) is 0 Å². The molecule has 1 amide bonds. The number of rotatable bonds is 4. The Labute approximate surface area is 164 Å². The Morgan fingerprint density at radius 3 is 2.61 bits per heavy atom. The minimum atomic E-state index is -3.82. The quantitative estimate of drug-likeness (QED) is 0.840. The first-order chi connectivity index (χ1) is 13.3. The number of sulfonamides is 1. The minimum Gasteiger partial charge on any atom is -0.312 e. The van der Waals surface area contributed by atoms with Gasteiger partial charge >= 0.3 is 0 Å². The highest BCUT2D eigenvalue weighted by Crippen LogP contribution is 2.35. The normalized spacial score (nSPS) is 17.0. The summed E-state index contributed by atoms with van der Waals surface area (Å²) < 4.78 is 41.2. The van der Waals surface area contributed by atoms with Crippen LogP contribution in [-0.2, 0) is 21.2 Å². The van der Waals surface area contributed by atoms with Crippen molar-refractivity contribution in [2.75, 3.05) is 16.2 Å². The molecule has 1 saturated carbocycles. The van der Waals surface area contributed by atoms with Crippen molar-refractivity contribution in [2.45, 2.75) is 43.9 Å². The van der Waals surface area contributed by atoms with Crippen LogP contribution in [0.5, 0.6) is 0 Å². The predicted molar refractivity (Wildman–Crippen MR) is 106 cm³/mol. The summed E-state index contributed by atoms with van der Waals surface area (Å²) in [6, 6.07) is 8.87. The van der Waals surface area contributed by atoms with E-state index in [4.69, 9.17) is 0 Å². The van der Waals surface area contributed by atoms with Gasteiger partial charge in [-0.2, -0.15) is 0 Å². The number of fused-ring (bicyclic) bond motifs is 1. The number of nitrogens with one attached hydrogen (secondary N) is 1. The molecule has 1 aliphatic carbocycles. The zero-order valence-corrected chi connectivity index (χ0v) is 16.6. The van der Waals surface area contributed by atoms with E-state index in [0.717, 1.165) is 43.0 Å². The Morgan fingerprint density at radius 2 is 1.89 bits per heavy atom. The van der Waals surface area contributed by atoms with Crippen molar-refractivity contribution in [2.24, 2.45) is 5.92 Å². The molecule has 2 aromatic rings. The van der Waals surface area contributed by atoms with Crippen molar-refractivity contribution < 1.29 is 17.6 Å². The van der Waals surface area contributed by atoms with Crippen LogP contribution in [-0.4, -0.2) is 20.9 Å². The number of benzene rings is 2. The average Bonchev–Trinajstić information content (AvgIpc) is 3.30. The van der Waals surface area contributed by atoms with Crippen LogP contribution in [0.1, 0.15) is 36.8 Å². The second-order valence-corrected chi connectivity index (χ2v) is 9.23. The largest absolute Gasteiger partial charge is 0.312 e. The lowest BCUT2D eigenvalue weighted by molar-refractivity contribution is -0.122. The molecule has 1 fully saturated rings. The Hall–Kier alpha value is -2.41. The molecule has 1 aliphatic heterocycles. The second kappa shape index (κ2) is 7.20. The summed E-state index contributed by atoms with van der Waals surface area (Å²) in [6.45, 7) is 2.20. The standard InChI is InChI=1S/C21H23FN2O3S/c1-14-12-17(22)6-9-20(14)28(26,27)23-18-7-8-19-16(13-18)10-11-24(19)21(25)15-4-2-3-5-15/h6-9,12-13,15,23H,2-5,10-11H2,1H3. The van der Waals surface area contributed by atoms with Gasteiger partial charge < -0.3 is 4.90 Å². The fraction of sp³-hybridized carbons (Fsp3) is 0.381. The van der Waals surface area contributed by atoms with Gasteiger partial charge in [0.2, 0.25) is 5.91 Å². The number of amides is 1. The molecule has 7 heteroatoms. The van der Waals surface area contributed by atoms with Crippen LogP contribution in [0.15, 0.2) is 41.3 Å². The van der Waals surface area contributed by atoms with Gasteiger partial charge in [0, 0.05) is 23.8 Å². The molecule has 0 aromatic heterocycles. The summed E-state index contributed by atoms with van der Waals surface area (Å²) in [5.41, 5.74) is 2.62. The van der Waals surface area contributed by atoms with Crippen LogP contribution in [0.25, 0.3) is 0 Å². The lowest BCUT2D eigenvalue weighted by Crippen LogP contribution is -2.33. The number of carbonyl (C=O) groups is 1. The number of anilines is 2. The molecule has 0 bridgehead atoms. The van der Waals surface area contributed by atoms with Crippen molar-refractivity contribution in [3.63, 3.8) is 0 Å². The Balaban J connectivity index is 1.56. The van der Waals surface area contributed by atoms with Gasteiger partial charge in [-0.05, 0) is 73.7 Å². The molecular weight excluding hydrogens is 379 g/mol. The Kier molecular flexibility index (Phi) is 4.87. The van der Waals surface area contributed by atoms with Crippen molar-refractivity contribution in [1.82, 2.24) is 0 Å². The van der Waals surface area contributed by atoms with E-state index in [1.165, 1.54) is 12.1 Å². The highest BCUT2D eigenvalue weighted by atomic mass is 32.2. The van der Waals surface area contributed by atoms with Crippen molar-refractivity contribution in [3.05, 3.63) is 53.3 Å². The van der Waals surface area contributed by atoms with Crippen LogP contribution >= 0.6 is 0 Å². The first-order valence-electron chi connectivity index (χ1n) is 9.58. The van der Waals surface area contributed by atoms with Gasteiger partial charge in [0.15, 0.2) is 0 Å². The molecule has 1 heterocycles. The van der Waals surface area contributed by atoms with Gasteiger partial charge in [-0.15, -0.1) is 0 Å². The maximum Gasteiger partial charge on any atom is 0.262 e. The lowest BCUT2D eigenvalue weighted by atomic mass is 10.1. The maximum absolute atomic E-state index is 13.3. The zero-order valence-electron chi connectivity index (χ0n) is 15.7. The van der Waals surface area contributed by atoms with Gasteiger partial charge in [0.25, 0.3) is 10.0 Å². The Morgan fingerprint density at radius 1 is 1.14 bits per heavy atom. The van der Waals surface area contributed by atoms with Gasteiger partial charge in [-0.3, -0.25) is 9.52 Å². The first kappa shape index (κ1) is 18.9. The molecule has 0 radical (unpaired) electrons. The number of carbonyl (C=O) groups excluding carboxylic acids is 1.